The summed E-state index contributed by atoms with van der Waals surface area (Å²) in [5.74, 6) is 0.365. The second-order valence-corrected chi connectivity index (χ2v) is 5.00. The highest BCUT2D eigenvalue weighted by Gasteiger charge is 2.09. The first-order valence-corrected chi connectivity index (χ1v) is 7.20. The van der Waals surface area contributed by atoms with E-state index >= 15 is 0 Å². The van der Waals surface area contributed by atoms with Gasteiger partial charge in [-0.25, -0.2) is 4.39 Å². The van der Waals surface area contributed by atoms with Crippen LogP contribution >= 0.6 is 0 Å². The summed E-state index contributed by atoms with van der Waals surface area (Å²) < 4.78 is 12.9. The van der Waals surface area contributed by atoms with Gasteiger partial charge in [0.25, 0.3) is 0 Å². The minimum atomic E-state index is -0.348. The molecule has 0 atom stereocenters. The van der Waals surface area contributed by atoms with Gasteiger partial charge in [0.1, 0.15) is 11.6 Å². The molecule has 5 nitrogen and oxygen atoms in total. The highest BCUT2D eigenvalue weighted by atomic mass is 19.1. The number of H-pyrrole nitrogens is 1. The van der Waals surface area contributed by atoms with Gasteiger partial charge in [0.05, 0.1) is 6.20 Å². The van der Waals surface area contributed by atoms with Crippen LogP contribution < -0.4 is 5.32 Å². The van der Waals surface area contributed by atoms with Crippen molar-refractivity contribution >= 4 is 11.6 Å². The van der Waals surface area contributed by atoms with Gasteiger partial charge in [-0.05, 0) is 42.0 Å². The molecule has 23 heavy (non-hydrogen) atoms. The van der Waals surface area contributed by atoms with Gasteiger partial charge in [-0.15, -0.1) is 0 Å². The lowest BCUT2D eigenvalue weighted by Crippen LogP contribution is -2.09. The van der Waals surface area contributed by atoms with Crippen molar-refractivity contribution in [2.45, 2.75) is 6.42 Å². The Balaban J connectivity index is 1.60. The van der Waals surface area contributed by atoms with E-state index in [2.05, 4.69) is 20.5 Å². The zero-order chi connectivity index (χ0) is 16.1. The second-order valence-electron chi connectivity index (χ2n) is 5.00. The van der Waals surface area contributed by atoms with Crippen LogP contribution in [0.3, 0.4) is 0 Å². The molecule has 0 fully saturated rings. The standard InChI is InChI=1S/C17H15FN4O/c18-14-3-1-13(2-4-14)16(23)7-10-20-17-15(11-21-22-17)12-5-8-19-9-6-12/h1-6,8-9,11H,7,10H2,(H2,20,21,22). The quantitative estimate of drug-likeness (QED) is 0.685. The van der Waals surface area contributed by atoms with Crippen LogP contribution in [0.2, 0.25) is 0 Å². The number of pyridine rings is 1. The Morgan fingerprint density at radius 2 is 1.87 bits per heavy atom. The van der Waals surface area contributed by atoms with Crippen molar-refractivity contribution in [1.29, 1.82) is 0 Å². The van der Waals surface area contributed by atoms with Crippen molar-refractivity contribution in [1.82, 2.24) is 15.2 Å². The number of carbonyl (C=O) groups excluding carboxylic acids is 1. The molecule has 0 radical (unpaired) electrons. The zero-order valence-electron chi connectivity index (χ0n) is 12.3. The highest BCUT2D eigenvalue weighted by molar-refractivity contribution is 5.96. The number of halogens is 1. The molecule has 6 heteroatoms. The number of Topliss-reactive ketones (excluding diaryl/α,β-unsaturated/α-hetero) is 1. The van der Waals surface area contributed by atoms with E-state index < -0.39 is 0 Å². The average Bonchev–Trinajstić information content (AvgIpc) is 3.05. The van der Waals surface area contributed by atoms with Crippen LogP contribution in [0.4, 0.5) is 10.2 Å². The minimum absolute atomic E-state index is 0.0394. The molecule has 3 rings (SSSR count). The predicted octanol–water partition coefficient (Wildman–Crippen LogP) is 3.30. The van der Waals surface area contributed by atoms with Crippen LogP contribution in [-0.4, -0.2) is 27.5 Å². The lowest BCUT2D eigenvalue weighted by molar-refractivity contribution is 0.0986. The fourth-order valence-corrected chi connectivity index (χ4v) is 2.25. The van der Waals surface area contributed by atoms with Crippen molar-refractivity contribution in [3.63, 3.8) is 0 Å². The third-order valence-corrected chi connectivity index (χ3v) is 3.45. The number of hydrogen-bond acceptors (Lipinski definition) is 4. The van der Waals surface area contributed by atoms with Crippen molar-refractivity contribution in [3.8, 4) is 11.1 Å². The number of ketones is 1. The Labute approximate surface area is 132 Å². The summed E-state index contributed by atoms with van der Waals surface area (Å²) in [4.78, 5) is 16.0. The van der Waals surface area contributed by atoms with Crippen molar-refractivity contribution in [2.75, 3.05) is 11.9 Å². The topological polar surface area (TPSA) is 70.7 Å². The van der Waals surface area contributed by atoms with E-state index in [-0.39, 0.29) is 11.6 Å². The fraction of sp³-hybridized carbons (Fsp3) is 0.118. The maximum Gasteiger partial charge on any atom is 0.164 e. The molecule has 0 saturated carbocycles. The fourth-order valence-electron chi connectivity index (χ4n) is 2.25. The lowest BCUT2D eigenvalue weighted by atomic mass is 10.1. The summed E-state index contributed by atoms with van der Waals surface area (Å²) in [5.41, 5.74) is 2.41. The monoisotopic (exact) mass is 310 g/mol. The second kappa shape index (κ2) is 6.83. The van der Waals surface area contributed by atoms with Crippen molar-refractivity contribution in [3.05, 3.63) is 66.4 Å². The third-order valence-electron chi connectivity index (χ3n) is 3.45. The Kier molecular flexibility index (Phi) is 4.42. The number of nitrogens with one attached hydrogen (secondary N) is 2. The summed E-state index contributed by atoms with van der Waals surface area (Å²) in [6, 6.07) is 9.35. The first-order valence-electron chi connectivity index (χ1n) is 7.20. The van der Waals surface area contributed by atoms with Gasteiger partial charge in [0, 0.05) is 36.5 Å². The van der Waals surface area contributed by atoms with E-state index in [0.29, 0.717) is 18.5 Å². The van der Waals surface area contributed by atoms with Gasteiger partial charge < -0.3 is 5.32 Å². The molecule has 0 saturated heterocycles. The van der Waals surface area contributed by atoms with Crippen LogP contribution in [0.1, 0.15) is 16.8 Å². The molecule has 0 aliphatic rings. The maximum absolute atomic E-state index is 12.9. The zero-order valence-corrected chi connectivity index (χ0v) is 12.3. The molecule has 3 aromatic rings. The van der Waals surface area contributed by atoms with Gasteiger partial charge >= 0.3 is 0 Å². The largest absolute Gasteiger partial charge is 0.369 e. The van der Waals surface area contributed by atoms with Crippen LogP contribution in [-0.2, 0) is 0 Å². The smallest absolute Gasteiger partial charge is 0.164 e. The summed E-state index contributed by atoms with van der Waals surface area (Å²) in [7, 11) is 0. The van der Waals surface area contributed by atoms with Crippen LogP contribution in [0.5, 0.6) is 0 Å². The average molecular weight is 310 g/mol. The first kappa shape index (κ1) is 14.9. The van der Waals surface area contributed by atoms with Gasteiger partial charge in [-0.1, -0.05) is 0 Å². The molecule has 2 N–H and O–H groups in total. The van der Waals surface area contributed by atoms with E-state index in [1.807, 2.05) is 12.1 Å². The predicted molar refractivity (Wildman–Crippen MR) is 85.7 cm³/mol. The van der Waals surface area contributed by atoms with E-state index in [4.69, 9.17) is 0 Å². The highest BCUT2D eigenvalue weighted by Crippen LogP contribution is 2.24. The summed E-state index contributed by atoms with van der Waals surface area (Å²) in [6.45, 7) is 0.455. The number of benzene rings is 1. The van der Waals surface area contributed by atoms with E-state index in [0.717, 1.165) is 16.9 Å². The van der Waals surface area contributed by atoms with Gasteiger partial charge in [-0.3, -0.25) is 14.9 Å². The van der Waals surface area contributed by atoms with Gasteiger partial charge in [0.15, 0.2) is 5.78 Å². The Bertz CT molecular complexity index is 784. The molecule has 1 aromatic carbocycles. The summed E-state index contributed by atoms with van der Waals surface area (Å²) >= 11 is 0. The number of carbonyl (C=O) groups is 1. The number of hydrogen-bond donors (Lipinski definition) is 2. The first-order chi connectivity index (χ1) is 11.2. The maximum atomic E-state index is 12.9. The molecule has 0 bridgehead atoms. The van der Waals surface area contributed by atoms with E-state index in [1.54, 1.807) is 18.6 Å². The molecular formula is C17H15FN4O. The van der Waals surface area contributed by atoms with Crippen molar-refractivity contribution < 1.29 is 9.18 Å². The van der Waals surface area contributed by atoms with Crippen LogP contribution in [0, 0.1) is 5.82 Å². The van der Waals surface area contributed by atoms with Gasteiger partial charge in [-0.2, -0.15) is 5.10 Å². The number of rotatable bonds is 6. The molecule has 2 aromatic heterocycles. The summed E-state index contributed by atoms with van der Waals surface area (Å²) in [5, 5.41) is 10.1. The lowest BCUT2D eigenvalue weighted by Gasteiger charge is -2.06. The number of nitrogens with zero attached hydrogens (tertiary/aromatic N) is 2. The van der Waals surface area contributed by atoms with Crippen LogP contribution in [0.25, 0.3) is 11.1 Å². The Morgan fingerprint density at radius 3 is 2.61 bits per heavy atom. The van der Waals surface area contributed by atoms with Crippen LogP contribution in [0.15, 0.2) is 55.0 Å². The normalized spacial score (nSPS) is 10.5. The molecule has 2 heterocycles. The SMILES string of the molecule is O=C(CCNc1[nH]ncc1-c1ccncc1)c1ccc(F)cc1. The molecular weight excluding hydrogens is 295 g/mol. The molecule has 0 spiro atoms. The van der Waals surface area contributed by atoms with E-state index in [9.17, 15) is 9.18 Å². The molecule has 0 amide bonds. The number of aromatic nitrogens is 3. The number of anilines is 1. The number of aromatic amines is 1. The van der Waals surface area contributed by atoms with Crippen molar-refractivity contribution in [2.24, 2.45) is 0 Å². The Morgan fingerprint density at radius 1 is 1.13 bits per heavy atom. The van der Waals surface area contributed by atoms with Gasteiger partial charge in [0.2, 0.25) is 0 Å². The summed E-state index contributed by atoms with van der Waals surface area (Å²) in [6.07, 6.45) is 5.45. The Hall–Kier alpha value is -3.02. The van der Waals surface area contributed by atoms with E-state index in [1.165, 1.54) is 24.3 Å². The molecule has 0 unspecified atom stereocenters. The third kappa shape index (κ3) is 3.60. The molecule has 116 valence electrons. The minimum Gasteiger partial charge on any atom is -0.369 e. The molecule has 0 aliphatic carbocycles. The molecule has 0 aliphatic heterocycles.